The van der Waals surface area contributed by atoms with Crippen LogP contribution < -0.4 is 0 Å². The van der Waals surface area contributed by atoms with Gasteiger partial charge in [-0.2, -0.15) is 8.78 Å². The Balaban J connectivity index is 1.82. The van der Waals surface area contributed by atoms with E-state index in [2.05, 4.69) is 3.63 Å². The van der Waals surface area contributed by atoms with Crippen molar-refractivity contribution in [3.05, 3.63) is 91.0 Å². The SMILES string of the molecule is O=C(OC1CCCCC1)C(F)(F)S(=O)(=O)[OH+]S(c1ccccc1)(c1ccccc1)c1ccccc1. The van der Waals surface area contributed by atoms with Crippen molar-refractivity contribution in [2.24, 2.45) is 0 Å². The van der Waals surface area contributed by atoms with E-state index in [-0.39, 0.29) is 0 Å². The zero-order valence-electron chi connectivity index (χ0n) is 18.9. The number of halogens is 2. The quantitative estimate of drug-likeness (QED) is 0.186. The summed E-state index contributed by atoms with van der Waals surface area (Å²) in [5.41, 5.74) is 0. The van der Waals surface area contributed by atoms with Crippen LogP contribution in [0.4, 0.5) is 8.78 Å². The van der Waals surface area contributed by atoms with Gasteiger partial charge in [-0.3, -0.25) is 3.63 Å². The number of alkyl halides is 2. The maximum atomic E-state index is 15.3. The normalized spacial score (nSPS) is 15.9. The molecule has 1 fully saturated rings. The molecule has 0 saturated heterocycles. The van der Waals surface area contributed by atoms with Crippen molar-refractivity contribution < 1.29 is 30.4 Å². The summed E-state index contributed by atoms with van der Waals surface area (Å²) < 4.78 is 66.0. The molecule has 0 atom stereocenters. The second kappa shape index (κ2) is 10.5. The fraction of sp³-hybridized carbons (Fsp3) is 0.269. The van der Waals surface area contributed by atoms with Gasteiger partial charge in [0.2, 0.25) is 0 Å². The number of hydrogen-bond acceptors (Lipinski definition) is 4. The van der Waals surface area contributed by atoms with Crippen LogP contribution in [0.5, 0.6) is 0 Å². The van der Waals surface area contributed by atoms with Gasteiger partial charge in [-0.1, -0.05) is 61.0 Å². The molecule has 3 aromatic rings. The molecule has 0 heterocycles. The Labute approximate surface area is 205 Å². The van der Waals surface area contributed by atoms with Gasteiger partial charge in [-0.15, -0.1) is 8.42 Å². The first-order valence-corrected chi connectivity index (χ1v) is 14.4. The molecule has 0 radical (unpaired) electrons. The van der Waals surface area contributed by atoms with Gasteiger partial charge in [-0.05, 0) is 62.1 Å². The Kier molecular flexibility index (Phi) is 7.59. The Bertz CT molecular complexity index is 1130. The molecule has 1 N–H and O–H groups in total. The monoisotopic (exact) mass is 521 g/mol. The van der Waals surface area contributed by atoms with Gasteiger partial charge in [-0.25, -0.2) is 4.79 Å². The highest BCUT2D eigenvalue weighted by Crippen LogP contribution is 2.68. The molecule has 5 nitrogen and oxygen atoms in total. The number of hydrogen-bond donors (Lipinski definition) is 0. The summed E-state index contributed by atoms with van der Waals surface area (Å²) in [5, 5.41) is -4.83. The van der Waals surface area contributed by atoms with E-state index >= 15 is 8.78 Å². The number of carbonyl (C=O) groups is 1. The van der Waals surface area contributed by atoms with Crippen molar-refractivity contribution in [2.75, 3.05) is 0 Å². The smallest absolute Gasteiger partial charge is 0.457 e. The molecule has 0 aromatic heterocycles. The maximum Gasteiger partial charge on any atom is 0.514 e. The van der Waals surface area contributed by atoms with E-state index in [1.165, 1.54) is 0 Å². The lowest BCUT2D eigenvalue weighted by Gasteiger charge is -2.35. The largest absolute Gasteiger partial charge is 0.514 e. The summed E-state index contributed by atoms with van der Waals surface area (Å²) >= 11 is 0. The van der Waals surface area contributed by atoms with Crippen molar-refractivity contribution in [3.8, 4) is 0 Å². The topological polar surface area (TPSA) is 73.2 Å². The van der Waals surface area contributed by atoms with Crippen molar-refractivity contribution in [1.29, 1.82) is 0 Å². The van der Waals surface area contributed by atoms with Gasteiger partial charge in [0.15, 0.2) is 0 Å². The van der Waals surface area contributed by atoms with Gasteiger partial charge in [0.1, 0.15) is 6.10 Å². The molecule has 0 aliphatic heterocycles. The van der Waals surface area contributed by atoms with Crippen LogP contribution in [0.25, 0.3) is 0 Å². The van der Waals surface area contributed by atoms with Crippen LogP contribution in [-0.2, 0) is 19.6 Å². The molecule has 35 heavy (non-hydrogen) atoms. The first-order valence-electron chi connectivity index (χ1n) is 11.3. The third-order valence-electron chi connectivity index (χ3n) is 5.85. The summed E-state index contributed by atoms with van der Waals surface area (Å²) in [5.74, 6) is -2.07. The lowest BCUT2D eigenvalue weighted by Crippen LogP contribution is -2.44. The summed E-state index contributed by atoms with van der Waals surface area (Å²) in [7, 11) is -8.75. The minimum Gasteiger partial charge on any atom is -0.457 e. The third-order valence-corrected chi connectivity index (χ3v) is 11.2. The minimum absolute atomic E-state index is 0.437. The second-order valence-electron chi connectivity index (χ2n) is 8.25. The van der Waals surface area contributed by atoms with E-state index in [1.54, 1.807) is 91.0 Å². The van der Waals surface area contributed by atoms with E-state index in [4.69, 9.17) is 4.74 Å². The fourth-order valence-electron chi connectivity index (χ4n) is 4.09. The molecule has 1 saturated carbocycles. The standard InChI is InChI=1S/C26H26F2O5S2/c27-26(28,25(29)32-21-13-5-1-6-14-21)35(30,31)33-34(22-15-7-2-8-16-22,23-17-9-3-10-18-23)24-19-11-4-12-20-24/h2-4,7-12,15-21H,1,5-6,13-14H2/p+1. The van der Waals surface area contributed by atoms with Crippen LogP contribution in [0.1, 0.15) is 32.1 Å². The molecule has 9 heteroatoms. The average molecular weight is 522 g/mol. The van der Waals surface area contributed by atoms with E-state index in [1.807, 2.05) is 0 Å². The molecule has 186 valence electrons. The summed E-state index contributed by atoms with van der Waals surface area (Å²) in [6.45, 7) is 0. The lowest BCUT2D eigenvalue weighted by molar-refractivity contribution is -0.168. The van der Waals surface area contributed by atoms with Gasteiger partial charge in [0.05, 0.1) is 25.0 Å². The fourth-order valence-corrected chi connectivity index (χ4v) is 9.40. The number of rotatable bonds is 8. The molecule has 3 aromatic carbocycles. The van der Waals surface area contributed by atoms with Gasteiger partial charge < -0.3 is 4.74 Å². The molecular formula is C26H27F2O5S2+. The highest BCUT2D eigenvalue weighted by molar-refractivity contribution is 8.32. The summed E-state index contributed by atoms with van der Waals surface area (Å²) in [6, 6.07) is 25.4. The third kappa shape index (κ3) is 5.12. The Hall–Kier alpha value is -2.75. The average Bonchev–Trinajstić information content (AvgIpc) is 2.89. The van der Waals surface area contributed by atoms with Crippen LogP contribution in [0.2, 0.25) is 0 Å². The Morgan fingerprint density at radius 1 is 0.743 bits per heavy atom. The lowest BCUT2D eigenvalue weighted by atomic mass is 9.98. The molecule has 0 bridgehead atoms. The highest BCUT2D eigenvalue weighted by atomic mass is 32.3. The number of benzene rings is 3. The molecule has 0 unspecified atom stereocenters. The van der Waals surface area contributed by atoms with Gasteiger partial charge in [0, 0.05) is 0 Å². The van der Waals surface area contributed by atoms with Gasteiger partial charge in [0.25, 0.3) is 0 Å². The highest BCUT2D eigenvalue weighted by Gasteiger charge is 2.63. The zero-order valence-corrected chi connectivity index (χ0v) is 20.6. The first kappa shape index (κ1) is 25.3. The van der Waals surface area contributed by atoms with Crippen LogP contribution in [0, 0.1) is 0 Å². The van der Waals surface area contributed by atoms with E-state index in [9.17, 15) is 13.2 Å². The molecule has 0 spiro atoms. The van der Waals surface area contributed by atoms with Crippen LogP contribution >= 0.6 is 10.3 Å². The van der Waals surface area contributed by atoms with Crippen molar-refractivity contribution in [1.82, 2.24) is 0 Å². The van der Waals surface area contributed by atoms with Crippen molar-refractivity contribution >= 4 is 26.4 Å². The summed E-state index contributed by atoms with van der Waals surface area (Å²) in [4.78, 5) is 13.8. The van der Waals surface area contributed by atoms with Crippen molar-refractivity contribution in [3.63, 3.8) is 0 Å². The van der Waals surface area contributed by atoms with E-state index < -0.39 is 37.8 Å². The van der Waals surface area contributed by atoms with E-state index in [0.717, 1.165) is 19.3 Å². The Morgan fingerprint density at radius 3 is 1.54 bits per heavy atom. The molecule has 1 aliphatic carbocycles. The predicted molar refractivity (Wildman–Crippen MR) is 131 cm³/mol. The minimum atomic E-state index is -5.66. The van der Waals surface area contributed by atoms with Crippen LogP contribution in [0.3, 0.4) is 0 Å². The molecular weight excluding hydrogens is 494 g/mol. The van der Waals surface area contributed by atoms with Crippen LogP contribution in [-0.4, -0.2) is 29.4 Å². The second-order valence-corrected chi connectivity index (χ2v) is 12.9. The van der Waals surface area contributed by atoms with E-state index in [0.29, 0.717) is 27.5 Å². The molecule has 4 rings (SSSR count). The number of ether oxygens (including phenoxy) is 1. The maximum absolute atomic E-state index is 15.3. The number of carbonyl (C=O) groups excluding carboxylic acids is 1. The molecule has 1 aliphatic rings. The predicted octanol–water partition coefficient (Wildman–Crippen LogP) is 6.78. The van der Waals surface area contributed by atoms with Gasteiger partial charge >= 0.3 is 21.3 Å². The molecule has 0 amide bonds. The number of esters is 1. The van der Waals surface area contributed by atoms with Crippen molar-refractivity contribution in [2.45, 2.75) is 58.1 Å². The summed E-state index contributed by atoms with van der Waals surface area (Å²) in [6.07, 6.45) is 2.56. The zero-order chi connectivity index (χ0) is 24.9. The Morgan fingerprint density at radius 2 is 1.14 bits per heavy atom. The first-order chi connectivity index (χ1) is 16.8. The van der Waals surface area contributed by atoms with Crippen LogP contribution in [0.15, 0.2) is 106 Å².